The van der Waals surface area contributed by atoms with Crippen molar-refractivity contribution >= 4 is 11.2 Å². The van der Waals surface area contributed by atoms with Crippen LogP contribution >= 0.6 is 0 Å². The maximum atomic E-state index is 12.6. The SMILES string of the molecule is [O-][S+]1C2CCCCC1(c1nnn[nH]1)CCC2. The molecule has 88 valence electrons. The zero-order chi connectivity index (χ0) is 11.0. The molecule has 0 amide bonds. The molecule has 5 nitrogen and oxygen atoms in total. The smallest absolute Gasteiger partial charge is 0.204 e. The summed E-state index contributed by atoms with van der Waals surface area (Å²) in [6.07, 6.45) is 7.63. The molecule has 2 aliphatic heterocycles. The Morgan fingerprint density at radius 2 is 2.06 bits per heavy atom. The normalized spacial score (nSPS) is 39.3. The molecule has 0 aliphatic carbocycles. The van der Waals surface area contributed by atoms with Gasteiger partial charge in [-0.25, -0.2) is 5.10 Å². The zero-order valence-electron chi connectivity index (χ0n) is 9.19. The molecule has 2 aliphatic rings. The highest BCUT2D eigenvalue weighted by atomic mass is 32.2. The predicted molar refractivity (Wildman–Crippen MR) is 60.1 cm³/mol. The van der Waals surface area contributed by atoms with Gasteiger partial charge in [0.1, 0.15) is 5.25 Å². The zero-order valence-corrected chi connectivity index (χ0v) is 10.0. The number of aromatic nitrogens is 4. The van der Waals surface area contributed by atoms with Crippen LogP contribution in [0.15, 0.2) is 0 Å². The fraction of sp³-hybridized carbons (Fsp3) is 0.900. The minimum atomic E-state index is -0.815. The molecule has 0 radical (unpaired) electrons. The van der Waals surface area contributed by atoms with Crippen LogP contribution in [0.2, 0.25) is 0 Å². The standard InChI is InChI=1S/C10H16N4OS/c15-16-8-4-1-2-6-10(16,7-3-5-8)9-11-13-14-12-9/h8H,1-7H2,(H,11,12,13,14). The van der Waals surface area contributed by atoms with Crippen LogP contribution in [0.1, 0.15) is 50.8 Å². The molecule has 3 atom stereocenters. The highest BCUT2D eigenvalue weighted by molar-refractivity contribution is 7.93. The fourth-order valence-corrected chi connectivity index (χ4v) is 5.45. The summed E-state index contributed by atoms with van der Waals surface area (Å²) in [6, 6.07) is 0. The molecule has 16 heavy (non-hydrogen) atoms. The third-order valence-electron chi connectivity index (χ3n) is 3.93. The van der Waals surface area contributed by atoms with E-state index >= 15 is 0 Å². The maximum Gasteiger partial charge on any atom is 0.204 e. The number of nitrogens with one attached hydrogen (secondary N) is 1. The molecule has 3 rings (SSSR count). The molecule has 2 bridgehead atoms. The lowest BCUT2D eigenvalue weighted by molar-refractivity contribution is 0.404. The molecule has 3 heterocycles. The van der Waals surface area contributed by atoms with Gasteiger partial charge in [-0.3, -0.25) is 0 Å². The second kappa shape index (κ2) is 4.00. The number of aromatic amines is 1. The van der Waals surface area contributed by atoms with Gasteiger partial charge in [-0.2, -0.15) is 0 Å². The van der Waals surface area contributed by atoms with Gasteiger partial charge in [0, 0.05) is 12.8 Å². The van der Waals surface area contributed by atoms with E-state index in [4.69, 9.17) is 0 Å². The van der Waals surface area contributed by atoms with Crippen LogP contribution < -0.4 is 0 Å². The van der Waals surface area contributed by atoms with Crippen molar-refractivity contribution in [2.45, 2.75) is 54.9 Å². The highest BCUT2D eigenvalue weighted by Gasteiger charge is 2.53. The summed E-state index contributed by atoms with van der Waals surface area (Å²) in [6.45, 7) is 0. The monoisotopic (exact) mass is 240 g/mol. The van der Waals surface area contributed by atoms with Gasteiger partial charge in [0.25, 0.3) is 0 Å². The molecule has 1 aromatic rings. The first-order valence-electron chi connectivity index (χ1n) is 5.98. The minimum absolute atomic E-state index is 0.275. The molecule has 1 aromatic heterocycles. The van der Waals surface area contributed by atoms with Gasteiger partial charge >= 0.3 is 0 Å². The van der Waals surface area contributed by atoms with Crippen LogP contribution in [0.25, 0.3) is 0 Å². The van der Waals surface area contributed by atoms with Crippen LogP contribution in [0.3, 0.4) is 0 Å². The van der Waals surface area contributed by atoms with Gasteiger partial charge in [0.05, 0.1) is 0 Å². The van der Waals surface area contributed by atoms with Gasteiger partial charge in [0.15, 0.2) is 4.75 Å². The van der Waals surface area contributed by atoms with E-state index in [9.17, 15) is 4.55 Å². The molecular formula is C10H16N4OS. The number of nitrogens with zero attached hydrogens (tertiary/aromatic N) is 3. The van der Waals surface area contributed by atoms with E-state index in [1.807, 2.05) is 0 Å². The lowest BCUT2D eigenvalue weighted by atomic mass is 9.94. The van der Waals surface area contributed by atoms with Crippen LogP contribution in [-0.4, -0.2) is 30.4 Å². The lowest BCUT2D eigenvalue weighted by Gasteiger charge is -2.39. The number of tetrazole rings is 1. The summed E-state index contributed by atoms with van der Waals surface area (Å²) in [5.41, 5.74) is 0. The van der Waals surface area contributed by atoms with Crippen molar-refractivity contribution in [2.24, 2.45) is 0 Å². The van der Waals surface area contributed by atoms with E-state index in [1.54, 1.807) is 0 Å². The van der Waals surface area contributed by atoms with Gasteiger partial charge in [-0.05, 0) is 53.7 Å². The molecule has 6 heteroatoms. The molecule has 3 unspecified atom stereocenters. The van der Waals surface area contributed by atoms with Crippen LogP contribution in [0.4, 0.5) is 0 Å². The quantitative estimate of drug-likeness (QED) is 0.750. The van der Waals surface area contributed by atoms with Crippen LogP contribution in [0, 0.1) is 0 Å². The average Bonchev–Trinajstić information content (AvgIpc) is 2.81. The van der Waals surface area contributed by atoms with E-state index in [1.165, 1.54) is 6.42 Å². The van der Waals surface area contributed by atoms with E-state index in [0.29, 0.717) is 5.25 Å². The van der Waals surface area contributed by atoms with Crippen molar-refractivity contribution in [3.8, 4) is 0 Å². The molecule has 2 saturated heterocycles. The maximum absolute atomic E-state index is 12.6. The molecule has 2 fully saturated rings. The van der Waals surface area contributed by atoms with Crippen LogP contribution in [0.5, 0.6) is 0 Å². The highest BCUT2D eigenvalue weighted by Crippen LogP contribution is 2.48. The van der Waals surface area contributed by atoms with Gasteiger partial charge in [0.2, 0.25) is 5.82 Å². The molecule has 0 aromatic carbocycles. The summed E-state index contributed by atoms with van der Waals surface area (Å²) in [7, 11) is 0. The Morgan fingerprint density at radius 3 is 2.88 bits per heavy atom. The number of fused-ring (bicyclic) bond motifs is 2. The Kier molecular flexibility index (Phi) is 2.63. The Hall–Kier alpha value is -0.620. The van der Waals surface area contributed by atoms with Gasteiger partial charge in [-0.1, -0.05) is 0 Å². The Balaban J connectivity index is 2.01. The van der Waals surface area contributed by atoms with Crippen molar-refractivity contribution in [3.63, 3.8) is 0 Å². The van der Waals surface area contributed by atoms with Crippen molar-refractivity contribution in [1.82, 2.24) is 20.6 Å². The van der Waals surface area contributed by atoms with Gasteiger partial charge in [-0.15, -0.1) is 5.10 Å². The first-order valence-corrected chi connectivity index (χ1v) is 7.19. The molecule has 0 spiro atoms. The number of hydrogen-bond donors (Lipinski definition) is 1. The summed E-state index contributed by atoms with van der Waals surface area (Å²) in [5, 5.41) is 14.5. The van der Waals surface area contributed by atoms with Crippen molar-refractivity contribution < 1.29 is 4.55 Å². The number of hydrogen-bond acceptors (Lipinski definition) is 4. The fourth-order valence-electron chi connectivity index (χ4n) is 3.09. The first kappa shape index (κ1) is 10.5. The first-order chi connectivity index (χ1) is 7.83. The molecular weight excluding hydrogens is 224 g/mol. The second-order valence-corrected chi connectivity index (χ2v) is 6.84. The Bertz CT molecular complexity index is 358. The number of rotatable bonds is 1. The summed E-state index contributed by atoms with van der Waals surface area (Å²) >= 11 is -0.815. The van der Waals surface area contributed by atoms with Gasteiger partial charge < -0.3 is 4.55 Å². The van der Waals surface area contributed by atoms with E-state index in [2.05, 4.69) is 20.6 Å². The average molecular weight is 240 g/mol. The van der Waals surface area contributed by atoms with Crippen molar-refractivity contribution in [3.05, 3.63) is 5.82 Å². The van der Waals surface area contributed by atoms with E-state index < -0.39 is 11.2 Å². The van der Waals surface area contributed by atoms with Crippen molar-refractivity contribution in [2.75, 3.05) is 0 Å². The molecule has 0 saturated carbocycles. The second-order valence-electron chi connectivity index (χ2n) is 4.80. The predicted octanol–water partition coefficient (Wildman–Crippen LogP) is 1.27. The topological polar surface area (TPSA) is 77.5 Å². The summed E-state index contributed by atoms with van der Waals surface area (Å²) in [5.74, 6) is 0.748. The van der Waals surface area contributed by atoms with E-state index in [0.717, 1.165) is 44.3 Å². The lowest BCUT2D eigenvalue weighted by Crippen LogP contribution is -2.45. The number of H-pyrrole nitrogens is 1. The Labute approximate surface area is 97.6 Å². The van der Waals surface area contributed by atoms with E-state index in [-0.39, 0.29) is 4.75 Å². The Morgan fingerprint density at radius 1 is 1.25 bits per heavy atom. The third-order valence-corrected chi connectivity index (χ3v) is 6.38. The van der Waals surface area contributed by atoms with Crippen molar-refractivity contribution in [1.29, 1.82) is 0 Å². The summed E-state index contributed by atoms with van der Waals surface area (Å²) in [4.78, 5) is 0. The third kappa shape index (κ3) is 1.47. The minimum Gasteiger partial charge on any atom is -0.615 e. The molecule has 1 N–H and O–H groups in total. The van der Waals surface area contributed by atoms with Crippen LogP contribution in [-0.2, 0) is 15.9 Å². The summed E-state index contributed by atoms with van der Waals surface area (Å²) < 4.78 is 12.4. The largest absolute Gasteiger partial charge is 0.615 e.